The van der Waals surface area contributed by atoms with Crippen molar-refractivity contribution in [3.05, 3.63) is 35.4 Å². The van der Waals surface area contributed by atoms with Crippen LogP contribution in [0.3, 0.4) is 0 Å². The summed E-state index contributed by atoms with van der Waals surface area (Å²) in [6.07, 6.45) is 0. The van der Waals surface area contributed by atoms with Crippen LogP contribution >= 0.6 is 0 Å². The molecule has 1 heterocycles. The predicted molar refractivity (Wildman–Crippen MR) is 77.6 cm³/mol. The number of hydrogen-bond acceptors (Lipinski definition) is 3. The molecule has 5 nitrogen and oxygen atoms in total. The number of carbonyl (C=O) groups excluding carboxylic acids is 2. The smallest absolute Gasteiger partial charge is 0.254 e. The lowest BCUT2D eigenvalue weighted by Crippen LogP contribution is -2.59. The molecule has 0 aromatic heterocycles. The second kappa shape index (κ2) is 6.05. The predicted octanol–water partition coefficient (Wildman–Crippen LogP) is 0.497. The molecule has 0 bridgehead atoms. The SMILES string of the molecule is Cc1ccc(C(=O)N2CCNCC2C(=O)N(C)C)cc1. The van der Waals surface area contributed by atoms with E-state index in [0.29, 0.717) is 18.7 Å². The van der Waals surface area contributed by atoms with E-state index in [9.17, 15) is 9.59 Å². The molecule has 1 N–H and O–H groups in total. The molecule has 1 fully saturated rings. The summed E-state index contributed by atoms with van der Waals surface area (Å²) in [4.78, 5) is 28.0. The van der Waals surface area contributed by atoms with Gasteiger partial charge in [-0.2, -0.15) is 0 Å². The van der Waals surface area contributed by atoms with Gasteiger partial charge in [-0.05, 0) is 19.1 Å². The molecule has 1 aromatic rings. The Morgan fingerprint density at radius 2 is 1.90 bits per heavy atom. The maximum Gasteiger partial charge on any atom is 0.254 e. The zero-order valence-electron chi connectivity index (χ0n) is 12.2. The molecule has 1 saturated heterocycles. The van der Waals surface area contributed by atoms with E-state index >= 15 is 0 Å². The van der Waals surface area contributed by atoms with E-state index in [1.165, 1.54) is 4.90 Å². The van der Waals surface area contributed by atoms with E-state index in [4.69, 9.17) is 0 Å². The number of hydrogen-bond donors (Lipinski definition) is 1. The molecule has 2 amide bonds. The lowest BCUT2D eigenvalue weighted by atomic mass is 10.1. The number of nitrogens with zero attached hydrogens (tertiary/aromatic N) is 2. The molecule has 5 heteroatoms. The average Bonchev–Trinajstić information content (AvgIpc) is 2.46. The van der Waals surface area contributed by atoms with Crippen molar-refractivity contribution in [2.45, 2.75) is 13.0 Å². The van der Waals surface area contributed by atoms with Crippen LogP contribution in [0.4, 0.5) is 0 Å². The highest BCUT2D eigenvalue weighted by atomic mass is 16.2. The second-order valence-corrected chi connectivity index (χ2v) is 5.32. The number of likely N-dealkylation sites (N-methyl/N-ethyl adjacent to an activating group) is 1. The molecule has 0 radical (unpaired) electrons. The van der Waals surface area contributed by atoms with Gasteiger partial charge in [-0.1, -0.05) is 17.7 Å². The van der Waals surface area contributed by atoms with Crippen LogP contribution in [0.1, 0.15) is 15.9 Å². The molecular formula is C15H21N3O2. The number of piperazine rings is 1. The molecule has 0 saturated carbocycles. The fraction of sp³-hybridized carbons (Fsp3) is 0.467. The second-order valence-electron chi connectivity index (χ2n) is 5.32. The lowest BCUT2D eigenvalue weighted by molar-refractivity contribution is -0.134. The molecule has 1 unspecified atom stereocenters. The molecule has 2 rings (SSSR count). The number of amides is 2. The van der Waals surface area contributed by atoms with Crippen LogP contribution in [0.25, 0.3) is 0 Å². The van der Waals surface area contributed by atoms with Crippen LogP contribution < -0.4 is 5.32 Å². The summed E-state index contributed by atoms with van der Waals surface area (Å²) in [6.45, 7) is 3.76. The molecule has 1 aliphatic rings. The molecule has 0 aliphatic carbocycles. The maximum absolute atomic E-state index is 12.6. The van der Waals surface area contributed by atoms with Gasteiger partial charge in [0, 0.05) is 39.3 Å². The summed E-state index contributed by atoms with van der Waals surface area (Å²) < 4.78 is 0. The fourth-order valence-electron chi connectivity index (χ4n) is 2.33. The lowest BCUT2D eigenvalue weighted by Gasteiger charge is -2.36. The molecule has 1 atom stereocenters. The summed E-state index contributed by atoms with van der Waals surface area (Å²) in [5.74, 6) is -0.121. The zero-order chi connectivity index (χ0) is 14.7. The summed E-state index contributed by atoms with van der Waals surface area (Å²) in [5.41, 5.74) is 1.75. The van der Waals surface area contributed by atoms with Crippen LogP contribution in [0, 0.1) is 6.92 Å². The Balaban J connectivity index is 2.21. The minimum absolute atomic E-state index is 0.0438. The van der Waals surface area contributed by atoms with Crippen molar-refractivity contribution in [1.29, 1.82) is 0 Å². The monoisotopic (exact) mass is 275 g/mol. The molecule has 108 valence electrons. The Labute approximate surface area is 119 Å². The summed E-state index contributed by atoms with van der Waals surface area (Å²) in [5, 5.41) is 3.17. The maximum atomic E-state index is 12.6. The number of carbonyl (C=O) groups is 2. The largest absolute Gasteiger partial charge is 0.347 e. The first-order valence-electron chi connectivity index (χ1n) is 6.80. The first kappa shape index (κ1) is 14.5. The van der Waals surface area contributed by atoms with Crippen LogP contribution in [0.5, 0.6) is 0 Å². The van der Waals surface area contributed by atoms with Gasteiger partial charge in [0.15, 0.2) is 0 Å². The average molecular weight is 275 g/mol. The summed E-state index contributed by atoms with van der Waals surface area (Å²) in [7, 11) is 3.43. The Kier molecular flexibility index (Phi) is 4.39. The van der Waals surface area contributed by atoms with E-state index in [-0.39, 0.29) is 11.8 Å². The standard InChI is InChI=1S/C15H21N3O2/c1-11-4-6-12(7-5-11)14(19)18-9-8-16-10-13(18)15(20)17(2)3/h4-7,13,16H,8-10H2,1-3H3. The van der Waals surface area contributed by atoms with Gasteiger partial charge in [0.05, 0.1) is 0 Å². The van der Waals surface area contributed by atoms with Gasteiger partial charge in [-0.25, -0.2) is 0 Å². The first-order valence-corrected chi connectivity index (χ1v) is 6.80. The van der Waals surface area contributed by atoms with Gasteiger partial charge in [0.2, 0.25) is 5.91 Å². The minimum Gasteiger partial charge on any atom is -0.347 e. The Hall–Kier alpha value is -1.88. The van der Waals surface area contributed by atoms with Gasteiger partial charge in [0.1, 0.15) is 6.04 Å². The minimum atomic E-state index is -0.424. The summed E-state index contributed by atoms with van der Waals surface area (Å²) >= 11 is 0. The number of rotatable bonds is 2. The Morgan fingerprint density at radius 3 is 2.50 bits per heavy atom. The van der Waals surface area contributed by atoms with Crippen molar-refractivity contribution < 1.29 is 9.59 Å². The molecular weight excluding hydrogens is 254 g/mol. The van der Waals surface area contributed by atoms with E-state index in [1.54, 1.807) is 19.0 Å². The van der Waals surface area contributed by atoms with Crippen molar-refractivity contribution in [1.82, 2.24) is 15.1 Å². The Morgan fingerprint density at radius 1 is 1.25 bits per heavy atom. The number of nitrogens with one attached hydrogen (secondary N) is 1. The first-order chi connectivity index (χ1) is 9.50. The van der Waals surface area contributed by atoms with Crippen molar-refractivity contribution in [3.63, 3.8) is 0 Å². The van der Waals surface area contributed by atoms with Gasteiger partial charge in [-0.15, -0.1) is 0 Å². The number of benzene rings is 1. The molecule has 1 aliphatic heterocycles. The topological polar surface area (TPSA) is 52.7 Å². The molecule has 1 aromatic carbocycles. The summed E-state index contributed by atoms with van der Waals surface area (Å²) in [6, 6.07) is 7.04. The van der Waals surface area contributed by atoms with E-state index in [2.05, 4.69) is 5.32 Å². The normalized spacial score (nSPS) is 18.8. The highest BCUT2D eigenvalue weighted by Crippen LogP contribution is 2.13. The molecule has 0 spiro atoms. The zero-order valence-corrected chi connectivity index (χ0v) is 12.2. The highest BCUT2D eigenvalue weighted by molar-refractivity contribution is 5.97. The third kappa shape index (κ3) is 2.99. The van der Waals surface area contributed by atoms with Crippen LogP contribution in [0.15, 0.2) is 24.3 Å². The van der Waals surface area contributed by atoms with E-state index in [0.717, 1.165) is 12.1 Å². The van der Waals surface area contributed by atoms with Crippen LogP contribution in [-0.2, 0) is 4.79 Å². The van der Waals surface area contributed by atoms with Gasteiger partial charge in [-0.3, -0.25) is 9.59 Å². The van der Waals surface area contributed by atoms with Crippen molar-refractivity contribution >= 4 is 11.8 Å². The van der Waals surface area contributed by atoms with Gasteiger partial charge in [0.25, 0.3) is 5.91 Å². The van der Waals surface area contributed by atoms with Crippen LogP contribution in [0.2, 0.25) is 0 Å². The quantitative estimate of drug-likeness (QED) is 0.855. The third-order valence-electron chi connectivity index (χ3n) is 3.53. The third-order valence-corrected chi connectivity index (χ3v) is 3.53. The van der Waals surface area contributed by atoms with E-state index in [1.807, 2.05) is 31.2 Å². The van der Waals surface area contributed by atoms with Crippen molar-refractivity contribution in [3.8, 4) is 0 Å². The van der Waals surface area contributed by atoms with E-state index < -0.39 is 6.04 Å². The van der Waals surface area contributed by atoms with Crippen molar-refractivity contribution in [2.75, 3.05) is 33.7 Å². The van der Waals surface area contributed by atoms with Crippen molar-refractivity contribution in [2.24, 2.45) is 0 Å². The Bertz CT molecular complexity index is 496. The van der Waals surface area contributed by atoms with Gasteiger partial charge < -0.3 is 15.1 Å². The fourth-order valence-corrected chi connectivity index (χ4v) is 2.33. The molecule has 20 heavy (non-hydrogen) atoms. The van der Waals surface area contributed by atoms with Gasteiger partial charge >= 0.3 is 0 Å². The van der Waals surface area contributed by atoms with Crippen LogP contribution in [-0.4, -0.2) is 61.4 Å². The highest BCUT2D eigenvalue weighted by Gasteiger charge is 2.33. The number of aryl methyl sites for hydroxylation is 1.